The predicted molar refractivity (Wildman–Crippen MR) is 54.8 cm³/mol. The summed E-state index contributed by atoms with van der Waals surface area (Å²) in [5.74, 6) is -14.0. The van der Waals surface area contributed by atoms with E-state index in [2.05, 4.69) is 15.4 Å². The van der Waals surface area contributed by atoms with Gasteiger partial charge >= 0.3 is 18.0 Å². The highest BCUT2D eigenvalue weighted by Crippen LogP contribution is 2.51. The smallest absolute Gasteiger partial charge is 0.356 e. The third kappa shape index (κ3) is 2.52. The van der Waals surface area contributed by atoms with Gasteiger partial charge in [0, 0.05) is 13.6 Å². The predicted octanol–water partition coefficient (Wildman–Crippen LogP) is 3.02. The molecule has 0 aliphatic carbocycles. The Labute approximate surface area is 109 Å². The van der Waals surface area contributed by atoms with Gasteiger partial charge in [-0.3, -0.25) is 0 Å². The molecule has 1 aromatic heterocycles. The number of alkyl halides is 7. The molecule has 0 fully saturated rings. The summed E-state index contributed by atoms with van der Waals surface area (Å²) in [6.45, 7) is 1.25. The molecule has 0 aliphatic heterocycles. The van der Waals surface area contributed by atoms with Crippen LogP contribution in [0.5, 0.6) is 0 Å². The van der Waals surface area contributed by atoms with E-state index in [1.807, 2.05) is 0 Å². The molecule has 1 heterocycles. The van der Waals surface area contributed by atoms with Gasteiger partial charge in [-0.05, 0) is 6.42 Å². The average Bonchev–Trinajstić information content (AvgIpc) is 2.71. The first kappa shape index (κ1) is 16.5. The lowest BCUT2D eigenvalue weighted by Crippen LogP contribution is -2.51. The molecule has 0 aliphatic rings. The lowest BCUT2D eigenvalue weighted by Gasteiger charge is -2.27. The van der Waals surface area contributed by atoms with Gasteiger partial charge in [0.05, 0.1) is 0 Å². The molecule has 0 atom stereocenters. The molecule has 0 unspecified atom stereocenters. The van der Waals surface area contributed by atoms with Crippen molar-refractivity contribution in [2.75, 3.05) is 12.4 Å². The van der Waals surface area contributed by atoms with Crippen LogP contribution in [0.25, 0.3) is 0 Å². The van der Waals surface area contributed by atoms with Crippen LogP contribution in [-0.4, -0.2) is 33.9 Å². The van der Waals surface area contributed by atoms with Gasteiger partial charge in [-0.2, -0.15) is 35.7 Å². The Balaban J connectivity index is 3.37. The number of aryl methyl sites for hydroxylation is 1. The van der Waals surface area contributed by atoms with Crippen LogP contribution in [0.4, 0.5) is 36.7 Å². The molecule has 1 N–H and O–H groups in total. The topological polar surface area (TPSA) is 42.7 Å². The number of nitrogens with zero attached hydrogens (tertiary/aromatic N) is 3. The molecular formula is C9H11F7N4. The minimum absolute atomic E-state index is 0.202. The lowest BCUT2D eigenvalue weighted by molar-refractivity contribution is -0.362. The Hall–Kier alpha value is -1.55. The van der Waals surface area contributed by atoms with Crippen LogP contribution in [0.1, 0.15) is 19.2 Å². The van der Waals surface area contributed by atoms with Crippen molar-refractivity contribution in [1.29, 1.82) is 0 Å². The molecule has 0 saturated heterocycles. The summed E-state index contributed by atoms with van der Waals surface area (Å²) < 4.78 is 89.7. The van der Waals surface area contributed by atoms with Crippen LogP contribution in [0.15, 0.2) is 0 Å². The van der Waals surface area contributed by atoms with Crippen LogP contribution in [-0.2, 0) is 12.5 Å². The highest BCUT2D eigenvalue weighted by molar-refractivity contribution is 5.24. The van der Waals surface area contributed by atoms with Gasteiger partial charge in [-0.15, -0.1) is 5.10 Å². The Bertz CT molecular complexity index is 465. The van der Waals surface area contributed by atoms with Crippen molar-refractivity contribution in [3.63, 3.8) is 0 Å². The Morgan fingerprint density at radius 1 is 1.10 bits per heavy atom. The summed E-state index contributed by atoms with van der Waals surface area (Å²) in [5, 5.41) is 5.60. The van der Waals surface area contributed by atoms with Gasteiger partial charge in [0.15, 0.2) is 0 Å². The Morgan fingerprint density at radius 2 is 1.65 bits per heavy atom. The number of aromatic nitrogens is 3. The van der Waals surface area contributed by atoms with Crippen molar-refractivity contribution in [3.8, 4) is 0 Å². The van der Waals surface area contributed by atoms with Crippen LogP contribution in [0.2, 0.25) is 0 Å². The van der Waals surface area contributed by atoms with Crippen LogP contribution in [0.3, 0.4) is 0 Å². The molecule has 116 valence electrons. The molecule has 20 heavy (non-hydrogen) atoms. The van der Waals surface area contributed by atoms with E-state index in [0.29, 0.717) is 4.68 Å². The van der Waals surface area contributed by atoms with Crippen LogP contribution >= 0.6 is 0 Å². The van der Waals surface area contributed by atoms with E-state index in [4.69, 9.17) is 0 Å². The molecule has 0 aromatic carbocycles. The van der Waals surface area contributed by atoms with Gasteiger partial charge in [0.25, 0.3) is 0 Å². The van der Waals surface area contributed by atoms with Gasteiger partial charge in [0.1, 0.15) is 0 Å². The highest BCUT2D eigenvalue weighted by atomic mass is 19.4. The third-order valence-electron chi connectivity index (χ3n) is 2.36. The van der Waals surface area contributed by atoms with E-state index in [1.54, 1.807) is 0 Å². The van der Waals surface area contributed by atoms with Crippen LogP contribution in [0, 0.1) is 0 Å². The first-order valence-corrected chi connectivity index (χ1v) is 5.44. The number of halogens is 7. The molecule has 0 radical (unpaired) electrons. The fourth-order valence-corrected chi connectivity index (χ4v) is 1.37. The zero-order chi connectivity index (χ0) is 15.8. The third-order valence-corrected chi connectivity index (χ3v) is 2.36. The van der Waals surface area contributed by atoms with E-state index in [9.17, 15) is 30.7 Å². The molecule has 1 rings (SSSR count). The molecule has 0 amide bonds. The van der Waals surface area contributed by atoms with Gasteiger partial charge in [-0.1, -0.05) is 6.92 Å². The van der Waals surface area contributed by atoms with Gasteiger partial charge in [-0.25, -0.2) is 4.68 Å². The second-order valence-corrected chi connectivity index (χ2v) is 3.88. The summed E-state index contributed by atoms with van der Waals surface area (Å²) >= 11 is 0. The number of nitrogens with one attached hydrogen (secondary N) is 1. The minimum atomic E-state index is -6.40. The SMILES string of the molecule is CCCn1nc(NC)nc1C(F)(F)C(F)(F)C(F)(F)F. The fourth-order valence-electron chi connectivity index (χ4n) is 1.37. The maximum absolute atomic E-state index is 13.5. The van der Waals surface area contributed by atoms with Gasteiger partial charge < -0.3 is 5.32 Å². The van der Waals surface area contributed by atoms with Crippen molar-refractivity contribution in [2.45, 2.75) is 37.9 Å². The van der Waals surface area contributed by atoms with E-state index in [-0.39, 0.29) is 13.0 Å². The zero-order valence-electron chi connectivity index (χ0n) is 10.4. The lowest BCUT2D eigenvalue weighted by atomic mass is 10.1. The molecule has 4 nitrogen and oxygen atoms in total. The zero-order valence-corrected chi connectivity index (χ0v) is 10.4. The largest absolute Gasteiger partial charge is 0.460 e. The average molecular weight is 308 g/mol. The standard InChI is InChI=1S/C9H11F7N4/c1-3-4-20-5(18-6(17-2)19-20)7(10,11)8(12,13)9(14,15)16/h3-4H2,1-2H3,(H,17,19). The minimum Gasteiger partial charge on any atom is -0.356 e. The van der Waals surface area contributed by atoms with E-state index in [0.717, 1.165) is 0 Å². The number of anilines is 1. The second-order valence-electron chi connectivity index (χ2n) is 3.88. The Morgan fingerprint density at radius 3 is 2.05 bits per heavy atom. The summed E-state index contributed by atoms with van der Waals surface area (Å²) in [5.41, 5.74) is 0. The van der Waals surface area contributed by atoms with Crippen molar-refractivity contribution in [1.82, 2.24) is 14.8 Å². The molecule has 11 heteroatoms. The quantitative estimate of drug-likeness (QED) is 0.850. The fraction of sp³-hybridized carbons (Fsp3) is 0.778. The number of rotatable bonds is 5. The first-order valence-electron chi connectivity index (χ1n) is 5.44. The van der Waals surface area contributed by atoms with Crippen LogP contribution < -0.4 is 5.32 Å². The van der Waals surface area contributed by atoms with Crippen molar-refractivity contribution in [3.05, 3.63) is 5.82 Å². The number of hydrogen-bond donors (Lipinski definition) is 1. The normalized spacial score (nSPS) is 13.7. The first-order chi connectivity index (χ1) is 8.99. The van der Waals surface area contributed by atoms with E-state index < -0.39 is 29.8 Å². The molecular weight excluding hydrogens is 297 g/mol. The Kier molecular flexibility index (Phi) is 4.20. The van der Waals surface area contributed by atoms with Crippen molar-refractivity contribution in [2.24, 2.45) is 0 Å². The second kappa shape index (κ2) is 5.09. The monoisotopic (exact) mass is 308 g/mol. The van der Waals surface area contributed by atoms with E-state index >= 15 is 0 Å². The maximum atomic E-state index is 13.5. The summed E-state index contributed by atoms with van der Waals surface area (Å²) in [6, 6.07) is 0. The van der Waals surface area contributed by atoms with Gasteiger partial charge in [0.2, 0.25) is 11.8 Å². The van der Waals surface area contributed by atoms with Crippen molar-refractivity contribution < 1.29 is 30.7 Å². The van der Waals surface area contributed by atoms with E-state index in [1.165, 1.54) is 14.0 Å². The number of hydrogen-bond acceptors (Lipinski definition) is 3. The summed E-state index contributed by atoms with van der Waals surface area (Å²) in [7, 11) is 1.22. The maximum Gasteiger partial charge on any atom is 0.460 e. The summed E-state index contributed by atoms with van der Waals surface area (Å²) in [6.07, 6.45) is -6.20. The molecule has 1 aromatic rings. The van der Waals surface area contributed by atoms with Crippen molar-refractivity contribution >= 4 is 5.95 Å². The molecule has 0 saturated carbocycles. The molecule has 0 spiro atoms. The molecule has 0 bridgehead atoms. The highest BCUT2D eigenvalue weighted by Gasteiger charge is 2.75. The summed E-state index contributed by atoms with van der Waals surface area (Å²) in [4.78, 5) is 3.01.